The second-order valence-electron chi connectivity index (χ2n) is 4.54. The number of nitrogen functional groups attached to an aromatic ring is 1. The number of nitrogens with two attached hydrogens (primary N) is 1. The SMILES string of the molecule is CC(Cc1ccsc1)NS(=O)(=O)c1ccc(F)cc1N. The Balaban J connectivity index is 2.14. The lowest BCUT2D eigenvalue weighted by atomic mass is 10.1. The van der Waals surface area contributed by atoms with Crippen molar-refractivity contribution in [2.24, 2.45) is 0 Å². The number of nitrogens with one attached hydrogen (secondary N) is 1. The van der Waals surface area contributed by atoms with E-state index in [9.17, 15) is 12.8 Å². The van der Waals surface area contributed by atoms with Crippen molar-refractivity contribution in [1.82, 2.24) is 4.72 Å². The van der Waals surface area contributed by atoms with Gasteiger partial charge < -0.3 is 5.73 Å². The van der Waals surface area contributed by atoms with Crippen LogP contribution >= 0.6 is 11.3 Å². The van der Waals surface area contributed by atoms with Gasteiger partial charge in [0.2, 0.25) is 10.0 Å². The number of halogens is 1. The predicted octanol–water partition coefficient (Wildman–Crippen LogP) is 2.38. The van der Waals surface area contributed by atoms with Gasteiger partial charge in [-0.15, -0.1) is 0 Å². The smallest absolute Gasteiger partial charge is 0.242 e. The van der Waals surface area contributed by atoms with E-state index in [1.54, 1.807) is 18.3 Å². The van der Waals surface area contributed by atoms with Gasteiger partial charge in [0.15, 0.2) is 0 Å². The molecule has 1 atom stereocenters. The Hall–Kier alpha value is -1.44. The quantitative estimate of drug-likeness (QED) is 0.832. The topological polar surface area (TPSA) is 72.2 Å². The van der Waals surface area contributed by atoms with Crippen molar-refractivity contribution in [3.05, 3.63) is 46.4 Å². The molecule has 1 aromatic carbocycles. The maximum atomic E-state index is 13.0. The van der Waals surface area contributed by atoms with E-state index in [4.69, 9.17) is 5.73 Å². The van der Waals surface area contributed by atoms with Gasteiger partial charge in [0.1, 0.15) is 10.7 Å². The molecule has 0 aliphatic rings. The van der Waals surface area contributed by atoms with E-state index in [1.807, 2.05) is 16.8 Å². The summed E-state index contributed by atoms with van der Waals surface area (Å²) in [6.45, 7) is 1.77. The first-order valence-electron chi connectivity index (χ1n) is 5.97. The van der Waals surface area contributed by atoms with Crippen molar-refractivity contribution in [2.45, 2.75) is 24.3 Å². The minimum atomic E-state index is -3.75. The lowest BCUT2D eigenvalue weighted by molar-refractivity contribution is 0.560. The van der Waals surface area contributed by atoms with Crippen molar-refractivity contribution in [1.29, 1.82) is 0 Å². The van der Waals surface area contributed by atoms with Gasteiger partial charge in [-0.2, -0.15) is 11.3 Å². The fraction of sp³-hybridized carbons (Fsp3) is 0.231. The molecule has 108 valence electrons. The number of hydrogen-bond donors (Lipinski definition) is 2. The monoisotopic (exact) mass is 314 g/mol. The molecule has 2 rings (SSSR count). The second kappa shape index (κ2) is 5.90. The number of thiophene rings is 1. The first kappa shape index (κ1) is 15.0. The highest BCUT2D eigenvalue weighted by Gasteiger charge is 2.20. The van der Waals surface area contributed by atoms with Gasteiger partial charge in [0.05, 0.1) is 5.69 Å². The molecule has 0 saturated heterocycles. The Kier molecular flexibility index (Phi) is 4.42. The fourth-order valence-electron chi connectivity index (χ4n) is 1.90. The van der Waals surface area contributed by atoms with Crippen LogP contribution in [0.25, 0.3) is 0 Å². The van der Waals surface area contributed by atoms with E-state index in [2.05, 4.69) is 4.72 Å². The van der Waals surface area contributed by atoms with Gasteiger partial charge in [-0.05, 0) is 53.9 Å². The van der Waals surface area contributed by atoms with Gasteiger partial charge in [-0.25, -0.2) is 17.5 Å². The Labute approximate surface area is 121 Å². The first-order chi connectivity index (χ1) is 9.38. The van der Waals surface area contributed by atoms with Gasteiger partial charge in [0, 0.05) is 6.04 Å². The van der Waals surface area contributed by atoms with Crippen LogP contribution in [0.1, 0.15) is 12.5 Å². The van der Waals surface area contributed by atoms with Crippen LogP contribution in [0.5, 0.6) is 0 Å². The molecule has 0 fully saturated rings. The van der Waals surface area contributed by atoms with Crippen LogP contribution < -0.4 is 10.5 Å². The summed E-state index contributed by atoms with van der Waals surface area (Å²) in [6.07, 6.45) is 0.587. The fourth-order valence-corrected chi connectivity index (χ4v) is 3.93. The molecule has 0 aliphatic carbocycles. The summed E-state index contributed by atoms with van der Waals surface area (Å²) in [6, 6.07) is 4.91. The van der Waals surface area contributed by atoms with Crippen LogP contribution in [0.3, 0.4) is 0 Å². The summed E-state index contributed by atoms with van der Waals surface area (Å²) in [5.41, 5.74) is 6.53. The average molecular weight is 314 g/mol. The van der Waals surface area contributed by atoms with E-state index in [0.29, 0.717) is 6.42 Å². The van der Waals surface area contributed by atoms with E-state index < -0.39 is 15.8 Å². The lowest BCUT2D eigenvalue weighted by Crippen LogP contribution is -2.34. The van der Waals surface area contributed by atoms with E-state index in [-0.39, 0.29) is 16.6 Å². The van der Waals surface area contributed by atoms with E-state index in [0.717, 1.165) is 17.7 Å². The molecule has 3 N–H and O–H groups in total. The Morgan fingerprint density at radius 2 is 2.15 bits per heavy atom. The highest BCUT2D eigenvalue weighted by molar-refractivity contribution is 7.89. The molecular formula is C13H15FN2O2S2. The summed E-state index contributed by atoms with van der Waals surface area (Å²) in [5.74, 6) is -0.562. The minimum absolute atomic E-state index is 0.0970. The van der Waals surface area contributed by atoms with Crippen LogP contribution in [0.15, 0.2) is 39.9 Å². The molecule has 20 heavy (non-hydrogen) atoms. The molecule has 1 unspecified atom stereocenters. The summed E-state index contributed by atoms with van der Waals surface area (Å²) < 4.78 is 39.9. The Bertz CT molecular complexity index is 684. The van der Waals surface area contributed by atoms with Crippen molar-refractivity contribution < 1.29 is 12.8 Å². The number of hydrogen-bond acceptors (Lipinski definition) is 4. The molecule has 0 aliphatic heterocycles. The van der Waals surface area contributed by atoms with Crippen LogP contribution in [0.2, 0.25) is 0 Å². The molecular weight excluding hydrogens is 299 g/mol. The molecule has 0 spiro atoms. The standard InChI is InChI=1S/C13H15FN2O2S2/c1-9(6-10-4-5-19-8-10)16-20(17,18)13-3-2-11(14)7-12(13)15/h2-5,7-9,16H,6,15H2,1H3. The number of benzene rings is 1. The summed E-state index contributed by atoms with van der Waals surface area (Å²) in [7, 11) is -3.75. The largest absolute Gasteiger partial charge is 0.398 e. The van der Waals surface area contributed by atoms with Gasteiger partial charge in [0.25, 0.3) is 0 Å². The molecule has 0 saturated carbocycles. The number of sulfonamides is 1. The first-order valence-corrected chi connectivity index (χ1v) is 8.39. The molecule has 1 aromatic heterocycles. The number of rotatable bonds is 5. The molecule has 0 bridgehead atoms. The zero-order valence-electron chi connectivity index (χ0n) is 10.8. The molecule has 7 heteroatoms. The lowest BCUT2D eigenvalue weighted by Gasteiger charge is -2.14. The van der Waals surface area contributed by atoms with Gasteiger partial charge in [-0.3, -0.25) is 0 Å². The number of anilines is 1. The molecule has 0 radical (unpaired) electrons. The van der Waals surface area contributed by atoms with Crippen molar-refractivity contribution in [3.63, 3.8) is 0 Å². The minimum Gasteiger partial charge on any atom is -0.398 e. The third-order valence-corrected chi connectivity index (χ3v) is 5.14. The van der Waals surface area contributed by atoms with Crippen molar-refractivity contribution in [3.8, 4) is 0 Å². The van der Waals surface area contributed by atoms with Gasteiger partial charge in [-0.1, -0.05) is 0 Å². The summed E-state index contributed by atoms with van der Waals surface area (Å²) in [4.78, 5) is -0.101. The van der Waals surface area contributed by atoms with Crippen LogP contribution in [-0.2, 0) is 16.4 Å². The molecule has 2 aromatic rings. The highest BCUT2D eigenvalue weighted by Crippen LogP contribution is 2.19. The zero-order chi connectivity index (χ0) is 14.8. The van der Waals surface area contributed by atoms with Crippen molar-refractivity contribution in [2.75, 3.05) is 5.73 Å². The Morgan fingerprint density at radius 1 is 1.40 bits per heavy atom. The zero-order valence-corrected chi connectivity index (χ0v) is 12.5. The van der Waals surface area contributed by atoms with Crippen LogP contribution in [-0.4, -0.2) is 14.5 Å². The van der Waals surface area contributed by atoms with E-state index >= 15 is 0 Å². The molecule has 4 nitrogen and oxygen atoms in total. The molecule has 0 amide bonds. The maximum Gasteiger partial charge on any atom is 0.242 e. The highest BCUT2D eigenvalue weighted by atomic mass is 32.2. The maximum absolute atomic E-state index is 13.0. The average Bonchev–Trinajstić information content (AvgIpc) is 2.79. The second-order valence-corrected chi connectivity index (χ2v) is 7.00. The predicted molar refractivity (Wildman–Crippen MR) is 78.6 cm³/mol. The van der Waals surface area contributed by atoms with Crippen LogP contribution in [0.4, 0.5) is 10.1 Å². The van der Waals surface area contributed by atoms with E-state index in [1.165, 1.54) is 6.07 Å². The molecule has 1 heterocycles. The van der Waals surface area contributed by atoms with Crippen LogP contribution in [0, 0.1) is 5.82 Å². The van der Waals surface area contributed by atoms with Gasteiger partial charge >= 0.3 is 0 Å². The summed E-state index contributed by atoms with van der Waals surface area (Å²) >= 11 is 1.56. The van der Waals surface area contributed by atoms with Crippen molar-refractivity contribution >= 4 is 27.0 Å². The Morgan fingerprint density at radius 3 is 2.75 bits per heavy atom. The summed E-state index contributed by atoms with van der Waals surface area (Å²) in [5, 5.41) is 3.91. The normalized spacial score (nSPS) is 13.3. The third kappa shape index (κ3) is 3.56. The third-order valence-electron chi connectivity index (χ3n) is 2.74.